The highest BCUT2D eigenvalue weighted by Crippen LogP contribution is 2.20. The number of rotatable bonds is 2. The van der Waals surface area contributed by atoms with Crippen molar-refractivity contribution in [1.29, 1.82) is 0 Å². The number of hydrogen-bond donors (Lipinski definition) is 0. The van der Waals surface area contributed by atoms with Gasteiger partial charge in [0.1, 0.15) is 0 Å². The maximum absolute atomic E-state index is 10.8. The van der Waals surface area contributed by atoms with E-state index in [0.717, 1.165) is 13.8 Å². The van der Waals surface area contributed by atoms with Crippen LogP contribution in [0.5, 0.6) is 11.5 Å². The zero-order valence-corrected chi connectivity index (χ0v) is 7.45. The maximum atomic E-state index is 10.8. The maximum Gasteiger partial charge on any atom is 0.308 e. The van der Waals surface area contributed by atoms with Gasteiger partial charge in [-0.05, 0) is 0 Å². The van der Waals surface area contributed by atoms with Crippen LogP contribution in [0, 0.1) is 0 Å². The second-order valence-corrected chi connectivity index (χ2v) is 2.50. The third-order valence-electron chi connectivity index (χ3n) is 1.32. The lowest BCUT2D eigenvalue weighted by atomic mass is 10.2. The van der Waals surface area contributed by atoms with Gasteiger partial charge in [-0.15, -0.1) is 0 Å². The molecule has 0 saturated heterocycles. The molecule has 0 aliphatic carbocycles. The van der Waals surface area contributed by atoms with Gasteiger partial charge in [-0.2, -0.15) is 0 Å². The molecule has 0 aromatic heterocycles. The molecule has 0 saturated carbocycles. The Morgan fingerprint density at radius 3 is 1.36 bits per heavy atom. The minimum Gasteiger partial charge on any atom is -0.418 e. The summed E-state index contributed by atoms with van der Waals surface area (Å²) in [5, 5.41) is 0. The molecule has 0 unspecified atom stereocenters. The first-order chi connectivity index (χ1) is 6.43. The van der Waals surface area contributed by atoms with Crippen LogP contribution in [-0.4, -0.2) is 11.9 Å². The molecule has 0 N–H and O–H groups in total. The van der Waals surface area contributed by atoms with Gasteiger partial charge in [-0.1, -0.05) is 0 Å². The fourth-order valence-corrected chi connectivity index (χ4v) is 0.823. The van der Waals surface area contributed by atoms with E-state index in [9.17, 15) is 19.2 Å². The zero-order chi connectivity index (χ0) is 10.9. The summed E-state index contributed by atoms with van der Waals surface area (Å²) in [6.45, 7) is 2.13. The third-order valence-corrected chi connectivity index (χ3v) is 1.32. The molecule has 6 nitrogen and oxygen atoms in total. The van der Waals surface area contributed by atoms with Crippen LogP contribution >= 0.6 is 0 Å². The molecular weight excluding hydrogens is 192 g/mol. The molecule has 0 bridgehead atoms. The predicted octanol–water partition coefficient (Wildman–Crippen LogP) is -0.867. The van der Waals surface area contributed by atoms with E-state index >= 15 is 0 Å². The number of esters is 2. The Bertz CT molecular complexity index is 418. The molecule has 0 spiro atoms. The molecule has 1 rings (SSSR count). The van der Waals surface area contributed by atoms with E-state index in [4.69, 9.17) is 0 Å². The average Bonchev–Trinajstić information content (AvgIpc) is 2.09. The number of carbonyl (C=O) groups excluding carboxylic acids is 2. The topological polar surface area (TPSA) is 86.7 Å². The summed E-state index contributed by atoms with van der Waals surface area (Å²) in [6.07, 6.45) is 0. The van der Waals surface area contributed by atoms with Crippen molar-refractivity contribution < 1.29 is 19.1 Å². The highest BCUT2D eigenvalue weighted by molar-refractivity contribution is 5.74. The lowest BCUT2D eigenvalue weighted by molar-refractivity contribution is -0.135. The van der Waals surface area contributed by atoms with Gasteiger partial charge in [0.15, 0.2) is 0 Å². The Labute approximate surface area is 77.7 Å². The second-order valence-electron chi connectivity index (χ2n) is 2.50. The van der Waals surface area contributed by atoms with E-state index in [-0.39, 0.29) is 0 Å². The van der Waals surface area contributed by atoms with Gasteiger partial charge in [0.2, 0.25) is 11.5 Å². The van der Waals surface area contributed by atoms with Crippen LogP contribution < -0.4 is 20.3 Å². The van der Waals surface area contributed by atoms with Crippen LogP contribution in [0.1, 0.15) is 13.8 Å². The van der Waals surface area contributed by atoms with E-state index in [1.807, 2.05) is 0 Å². The van der Waals surface area contributed by atoms with Gasteiger partial charge in [0.25, 0.3) is 10.9 Å². The van der Waals surface area contributed by atoms with Crippen LogP contribution in [0.3, 0.4) is 0 Å². The van der Waals surface area contributed by atoms with E-state index in [0.29, 0.717) is 0 Å². The lowest BCUT2D eigenvalue weighted by Gasteiger charge is -2.07. The molecule has 0 amide bonds. The van der Waals surface area contributed by atoms with Crippen molar-refractivity contribution in [3.05, 3.63) is 20.4 Å². The molecule has 0 atom stereocenters. The molecule has 1 aromatic carbocycles. The summed E-state index contributed by atoms with van der Waals surface area (Å²) in [4.78, 5) is 42.6. The zero-order valence-electron chi connectivity index (χ0n) is 7.45. The van der Waals surface area contributed by atoms with Gasteiger partial charge in [-0.25, -0.2) is 0 Å². The van der Waals surface area contributed by atoms with Crippen LogP contribution in [0.25, 0.3) is 0 Å². The molecule has 0 fully saturated rings. The Hall–Kier alpha value is -1.98. The summed E-state index contributed by atoms with van der Waals surface area (Å²) >= 11 is 0. The first-order valence-electron chi connectivity index (χ1n) is 3.63. The molecule has 74 valence electrons. The Morgan fingerprint density at radius 2 is 1.14 bits per heavy atom. The van der Waals surface area contributed by atoms with Crippen LogP contribution in [0.2, 0.25) is 0 Å². The largest absolute Gasteiger partial charge is 0.418 e. The van der Waals surface area contributed by atoms with Crippen molar-refractivity contribution in [3.63, 3.8) is 0 Å². The number of hydrogen-bond acceptors (Lipinski definition) is 6. The molecule has 1 aromatic rings. The van der Waals surface area contributed by atoms with Crippen molar-refractivity contribution in [3.8, 4) is 11.5 Å². The summed E-state index contributed by atoms with van der Waals surface area (Å²) in [5.74, 6) is -2.52. The lowest BCUT2D eigenvalue weighted by Crippen LogP contribution is -2.35. The van der Waals surface area contributed by atoms with Crippen molar-refractivity contribution in [2.75, 3.05) is 0 Å². The Balaban J connectivity index is 3.00. The molecule has 0 aliphatic rings. The predicted molar refractivity (Wildman–Crippen MR) is 44.0 cm³/mol. The fraction of sp³-hybridized carbons (Fsp3) is 0.250. The van der Waals surface area contributed by atoms with E-state index in [1.165, 1.54) is 0 Å². The standard InChI is InChI=1S/C8H6O6/c1-3(9)13-7-5(11)6(12)8(7)14-4(2)10/h1-2H3. The first-order valence-corrected chi connectivity index (χ1v) is 3.63. The highest BCUT2D eigenvalue weighted by atomic mass is 16.6. The molecule has 0 aliphatic heterocycles. The number of ether oxygens (including phenoxy) is 2. The van der Waals surface area contributed by atoms with Crippen molar-refractivity contribution in [2.45, 2.75) is 13.8 Å². The summed E-state index contributed by atoms with van der Waals surface area (Å²) in [5.41, 5.74) is -1.92. The monoisotopic (exact) mass is 198 g/mol. The molecule has 14 heavy (non-hydrogen) atoms. The first kappa shape index (κ1) is 10.1. The Morgan fingerprint density at radius 1 is 0.857 bits per heavy atom. The van der Waals surface area contributed by atoms with Gasteiger partial charge >= 0.3 is 11.9 Å². The second kappa shape index (κ2) is 3.41. The van der Waals surface area contributed by atoms with Gasteiger partial charge in [0.05, 0.1) is 0 Å². The summed E-state index contributed by atoms with van der Waals surface area (Å²) in [6, 6.07) is 0. The van der Waals surface area contributed by atoms with Gasteiger partial charge in [0, 0.05) is 13.8 Å². The molecule has 6 heteroatoms. The summed E-state index contributed by atoms with van der Waals surface area (Å²) in [7, 11) is 0. The molecule has 0 radical (unpaired) electrons. The normalized spacial score (nSPS) is 9.86. The highest BCUT2D eigenvalue weighted by Gasteiger charge is 2.26. The third kappa shape index (κ3) is 1.68. The smallest absolute Gasteiger partial charge is 0.308 e. The van der Waals surface area contributed by atoms with Crippen molar-refractivity contribution >= 4 is 11.9 Å². The van der Waals surface area contributed by atoms with Crippen LogP contribution in [0.4, 0.5) is 0 Å². The van der Waals surface area contributed by atoms with Crippen molar-refractivity contribution in [2.24, 2.45) is 0 Å². The molecular formula is C8H6O6. The van der Waals surface area contributed by atoms with Crippen LogP contribution in [-0.2, 0) is 9.59 Å². The molecule has 0 heterocycles. The minimum absolute atomic E-state index is 0.502. The average molecular weight is 198 g/mol. The Kier molecular flexibility index (Phi) is 2.46. The SMILES string of the molecule is CC(=O)Oc1c(OC(C)=O)c(=O)c1=O. The van der Waals surface area contributed by atoms with E-state index < -0.39 is 34.3 Å². The van der Waals surface area contributed by atoms with Crippen molar-refractivity contribution in [1.82, 2.24) is 0 Å². The minimum atomic E-state index is -0.962. The van der Waals surface area contributed by atoms with E-state index in [1.54, 1.807) is 0 Å². The van der Waals surface area contributed by atoms with Gasteiger partial charge < -0.3 is 9.47 Å². The van der Waals surface area contributed by atoms with Crippen LogP contribution in [0.15, 0.2) is 9.59 Å². The fourth-order valence-electron chi connectivity index (χ4n) is 0.823. The number of carbonyl (C=O) groups is 2. The van der Waals surface area contributed by atoms with E-state index in [2.05, 4.69) is 9.47 Å². The quantitative estimate of drug-likeness (QED) is 0.453. The van der Waals surface area contributed by atoms with Gasteiger partial charge in [-0.3, -0.25) is 19.2 Å². The summed E-state index contributed by atoms with van der Waals surface area (Å²) < 4.78 is 8.75.